The van der Waals surface area contributed by atoms with E-state index in [2.05, 4.69) is 33.9 Å². The van der Waals surface area contributed by atoms with Crippen molar-refractivity contribution in [2.45, 2.75) is 71.7 Å². The first-order valence-corrected chi connectivity index (χ1v) is 14.6. The number of likely N-dealkylation sites (tertiary alicyclic amines) is 1. The number of ether oxygens (including phenoxy) is 1. The van der Waals surface area contributed by atoms with E-state index in [1.165, 1.54) is 0 Å². The molecule has 0 aromatic heterocycles. The van der Waals surface area contributed by atoms with Crippen molar-refractivity contribution in [1.82, 2.24) is 4.90 Å². The smallest absolute Gasteiger partial charge is 0.410 e. The summed E-state index contributed by atoms with van der Waals surface area (Å²) in [6, 6.07) is 0. The van der Waals surface area contributed by atoms with Crippen molar-refractivity contribution in [3.05, 3.63) is 0 Å². The largest absolute Gasteiger partial charge is 0.444 e. The maximum Gasteiger partial charge on any atom is 0.410 e. The van der Waals surface area contributed by atoms with Gasteiger partial charge in [-0.05, 0) is 51.2 Å². The number of hydrogen-bond acceptors (Lipinski definition) is 6. The lowest BCUT2D eigenvalue weighted by molar-refractivity contribution is 0.00170. The average molecular weight is 438 g/mol. The van der Waals surface area contributed by atoms with Gasteiger partial charge in [0.25, 0.3) is 10.1 Å². The SMILES string of the molecule is CC(C)(C)OC(=O)N1CC(CO[Si](C)(C)C(C)(C)C)CC(COS(C)(=O)=O)C1. The van der Waals surface area contributed by atoms with E-state index < -0.39 is 24.0 Å². The first-order chi connectivity index (χ1) is 12.4. The van der Waals surface area contributed by atoms with Gasteiger partial charge in [0.2, 0.25) is 0 Å². The fourth-order valence-corrected chi connectivity index (χ4v) is 4.32. The quantitative estimate of drug-likeness (QED) is 0.463. The summed E-state index contributed by atoms with van der Waals surface area (Å²) in [5, 5.41) is 0.103. The van der Waals surface area contributed by atoms with Crippen molar-refractivity contribution in [2.24, 2.45) is 11.8 Å². The van der Waals surface area contributed by atoms with E-state index in [9.17, 15) is 13.2 Å². The minimum atomic E-state index is -3.52. The van der Waals surface area contributed by atoms with Gasteiger partial charge in [0.1, 0.15) is 5.60 Å². The minimum absolute atomic E-state index is 0.0642. The van der Waals surface area contributed by atoms with Gasteiger partial charge in [-0.25, -0.2) is 4.79 Å². The highest BCUT2D eigenvalue weighted by Gasteiger charge is 2.39. The Kier molecular flexibility index (Phi) is 8.18. The number of rotatable bonds is 6. The van der Waals surface area contributed by atoms with E-state index in [0.29, 0.717) is 19.7 Å². The van der Waals surface area contributed by atoms with E-state index in [-0.39, 0.29) is 29.6 Å². The van der Waals surface area contributed by atoms with Gasteiger partial charge in [0.15, 0.2) is 8.32 Å². The summed E-state index contributed by atoms with van der Waals surface area (Å²) in [6.45, 7) is 18.0. The van der Waals surface area contributed by atoms with Crippen molar-refractivity contribution < 1.29 is 26.6 Å². The molecule has 0 aromatic carbocycles. The highest BCUT2D eigenvalue weighted by atomic mass is 32.2. The van der Waals surface area contributed by atoms with Crippen LogP contribution in [0.2, 0.25) is 18.1 Å². The van der Waals surface area contributed by atoms with Gasteiger partial charge in [-0.3, -0.25) is 4.18 Å². The Labute approximate surface area is 172 Å². The number of hydrogen-bond donors (Lipinski definition) is 0. The Balaban J connectivity index is 2.85. The van der Waals surface area contributed by atoms with Gasteiger partial charge in [0.05, 0.1) is 12.9 Å². The first-order valence-electron chi connectivity index (χ1n) is 9.86. The number of nitrogens with zero attached hydrogens (tertiary/aromatic N) is 1. The summed E-state index contributed by atoms with van der Waals surface area (Å²) in [7, 11) is -5.43. The standard InChI is InChI=1S/C19H39NO6SSi/c1-18(2,3)26-17(21)20-11-15(13-24-27(7,22)23)10-16(12-20)14-25-28(8,9)19(4,5)6/h15-16H,10-14H2,1-9H3. The summed E-state index contributed by atoms with van der Waals surface area (Å²) in [5.74, 6) is 0.0348. The second-order valence-electron chi connectivity index (χ2n) is 10.4. The molecule has 1 amide bonds. The van der Waals surface area contributed by atoms with Crippen LogP contribution in [0.15, 0.2) is 0 Å². The molecule has 1 fully saturated rings. The van der Waals surface area contributed by atoms with E-state index in [0.717, 1.165) is 12.7 Å². The van der Waals surface area contributed by atoms with Crippen molar-refractivity contribution in [3.8, 4) is 0 Å². The Hall–Kier alpha value is -0.643. The van der Waals surface area contributed by atoms with Crippen LogP contribution in [0.5, 0.6) is 0 Å². The minimum Gasteiger partial charge on any atom is -0.444 e. The molecule has 0 aromatic rings. The molecule has 2 unspecified atom stereocenters. The molecule has 1 heterocycles. The Morgan fingerprint density at radius 2 is 1.54 bits per heavy atom. The summed E-state index contributed by atoms with van der Waals surface area (Å²) in [4.78, 5) is 14.2. The predicted octanol–water partition coefficient (Wildman–Crippen LogP) is 3.86. The second kappa shape index (κ2) is 9.02. The van der Waals surface area contributed by atoms with Crippen LogP contribution in [0.3, 0.4) is 0 Å². The molecule has 7 nitrogen and oxygen atoms in total. The summed E-state index contributed by atoms with van der Waals surface area (Å²) < 4.78 is 39.6. The monoisotopic (exact) mass is 437 g/mol. The zero-order chi connectivity index (χ0) is 22.0. The van der Waals surface area contributed by atoms with Crippen LogP contribution in [0.4, 0.5) is 4.79 Å². The molecule has 0 radical (unpaired) electrons. The van der Waals surface area contributed by atoms with Crippen molar-refractivity contribution in [2.75, 3.05) is 32.6 Å². The Bertz CT molecular complexity index is 636. The lowest BCUT2D eigenvalue weighted by atomic mass is 9.90. The second-order valence-corrected chi connectivity index (χ2v) is 16.9. The Morgan fingerprint density at radius 1 is 1.04 bits per heavy atom. The maximum atomic E-state index is 12.6. The fraction of sp³-hybridized carbons (Fsp3) is 0.947. The number of carbonyl (C=O) groups is 1. The zero-order valence-electron chi connectivity index (χ0n) is 19.0. The van der Waals surface area contributed by atoms with Gasteiger partial charge >= 0.3 is 6.09 Å². The van der Waals surface area contributed by atoms with Crippen molar-refractivity contribution in [3.63, 3.8) is 0 Å². The number of amides is 1. The highest BCUT2D eigenvalue weighted by molar-refractivity contribution is 7.85. The molecule has 1 rings (SSSR count). The number of carbonyl (C=O) groups excluding carboxylic acids is 1. The van der Waals surface area contributed by atoms with E-state index in [4.69, 9.17) is 13.3 Å². The summed E-state index contributed by atoms with van der Waals surface area (Å²) >= 11 is 0. The Morgan fingerprint density at radius 3 is 1.96 bits per heavy atom. The maximum absolute atomic E-state index is 12.6. The van der Waals surface area contributed by atoms with Crippen LogP contribution >= 0.6 is 0 Å². The molecule has 0 N–H and O–H groups in total. The topological polar surface area (TPSA) is 82.1 Å². The molecule has 166 valence electrons. The highest BCUT2D eigenvalue weighted by Crippen LogP contribution is 2.37. The van der Waals surface area contributed by atoms with Crippen LogP contribution in [0, 0.1) is 11.8 Å². The molecule has 0 aliphatic carbocycles. The number of piperidine rings is 1. The van der Waals surface area contributed by atoms with Gasteiger partial charge in [0, 0.05) is 25.6 Å². The van der Waals surface area contributed by atoms with Crippen molar-refractivity contribution >= 4 is 24.5 Å². The summed E-state index contributed by atoms with van der Waals surface area (Å²) in [5.41, 5.74) is -0.583. The molecule has 0 saturated carbocycles. The summed E-state index contributed by atoms with van der Waals surface area (Å²) in [6.07, 6.45) is 1.41. The molecule has 2 atom stereocenters. The lowest BCUT2D eigenvalue weighted by Gasteiger charge is -2.41. The van der Waals surface area contributed by atoms with Crippen LogP contribution in [0.25, 0.3) is 0 Å². The predicted molar refractivity (Wildman–Crippen MR) is 113 cm³/mol. The van der Waals surface area contributed by atoms with E-state index >= 15 is 0 Å². The lowest BCUT2D eigenvalue weighted by Crippen LogP contribution is -2.49. The third-order valence-electron chi connectivity index (χ3n) is 5.28. The molecule has 28 heavy (non-hydrogen) atoms. The van der Waals surface area contributed by atoms with Crippen LogP contribution in [0.1, 0.15) is 48.0 Å². The van der Waals surface area contributed by atoms with E-state index in [1.54, 1.807) is 4.90 Å². The average Bonchev–Trinajstić information content (AvgIpc) is 2.47. The third kappa shape index (κ3) is 8.80. The van der Waals surface area contributed by atoms with Crippen LogP contribution in [-0.4, -0.2) is 65.9 Å². The van der Waals surface area contributed by atoms with E-state index in [1.807, 2.05) is 20.8 Å². The zero-order valence-corrected chi connectivity index (χ0v) is 20.8. The van der Waals surface area contributed by atoms with Gasteiger partial charge in [-0.1, -0.05) is 20.8 Å². The van der Waals surface area contributed by atoms with Gasteiger partial charge < -0.3 is 14.1 Å². The van der Waals surface area contributed by atoms with Gasteiger partial charge in [-0.15, -0.1) is 0 Å². The molecule has 1 saturated heterocycles. The molecule has 0 bridgehead atoms. The normalized spacial score (nSPS) is 22.2. The first kappa shape index (κ1) is 25.4. The molecule has 1 aliphatic heterocycles. The molecule has 0 spiro atoms. The van der Waals surface area contributed by atoms with Gasteiger partial charge in [-0.2, -0.15) is 8.42 Å². The fourth-order valence-electron chi connectivity index (χ4n) is 2.80. The third-order valence-corrected chi connectivity index (χ3v) is 10.3. The van der Waals surface area contributed by atoms with Crippen LogP contribution in [-0.2, 0) is 23.5 Å². The molecular formula is C19H39NO6SSi. The molecule has 1 aliphatic rings. The van der Waals surface area contributed by atoms with Crippen molar-refractivity contribution in [1.29, 1.82) is 0 Å². The molecular weight excluding hydrogens is 398 g/mol. The van der Waals surface area contributed by atoms with Crippen LogP contribution < -0.4 is 0 Å². The molecule has 9 heteroatoms.